The number of nitrogens with zero attached hydrogens (tertiary/aromatic N) is 1. The number of rotatable bonds is 1. The number of nitrogens with one attached hydrogen (secondary N) is 1. The summed E-state index contributed by atoms with van der Waals surface area (Å²) in [6.07, 6.45) is 0. The Balaban J connectivity index is 2.50. The van der Waals surface area contributed by atoms with E-state index >= 15 is 0 Å². The van der Waals surface area contributed by atoms with Crippen LogP contribution >= 0.6 is 0 Å². The van der Waals surface area contributed by atoms with E-state index in [9.17, 15) is 4.79 Å². The molecule has 15 heavy (non-hydrogen) atoms. The number of aryl methyl sites for hydroxylation is 1. The van der Waals surface area contributed by atoms with Crippen molar-refractivity contribution in [1.82, 2.24) is 0 Å². The van der Waals surface area contributed by atoms with Gasteiger partial charge >= 0.3 is 0 Å². The normalized spacial score (nSPS) is 19.8. The van der Waals surface area contributed by atoms with Gasteiger partial charge in [-0.1, -0.05) is 6.07 Å². The van der Waals surface area contributed by atoms with E-state index in [0.29, 0.717) is 0 Å². The van der Waals surface area contributed by atoms with E-state index in [-0.39, 0.29) is 11.9 Å². The molecule has 1 N–H and O–H groups in total. The van der Waals surface area contributed by atoms with Crippen LogP contribution < -0.4 is 10.2 Å². The van der Waals surface area contributed by atoms with Crippen molar-refractivity contribution in [1.29, 1.82) is 0 Å². The van der Waals surface area contributed by atoms with E-state index < -0.39 is 0 Å². The highest BCUT2D eigenvalue weighted by atomic mass is 16.2. The quantitative estimate of drug-likeness (QED) is 0.760. The third kappa shape index (κ3) is 1.58. The molecule has 1 unspecified atom stereocenters. The first-order chi connectivity index (χ1) is 7.13. The van der Waals surface area contributed by atoms with Gasteiger partial charge in [-0.3, -0.25) is 4.79 Å². The lowest BCUT2D eigenvalue weighted by atomic mass is 10.1. The van der Waals surface area contributed by atoms with Crippen LogP contribution in [-0.2, 0) is 4.79 Å². The van der Waals surface area contributed by atoms with Gasteiger partial charge in [0, 0.05) is 6.54 Å². The molecule has 2 rings (SSSR count). The highest BCUT2D eigenvalue weighted by molar-refractivity contribution is 6.03. The smallest absolute Gasteiger partial charge is 0.246 e. The van der Waals surface area contributed by atoms with Gasteiger partial charge < -0.3 is 10.2 Å². The highest BCUT2D eigenvalue weighted by Crippen LogP contribution is 2.32. The van der Waals surface area contributed by atoms with Crippen LogP contribution in [-0.4, -0.2) is 18.5 Å². The van der Waals surface area contributed by atoms with Crippen LogP contribution in [0.2, 0.25) is 0 Å². The van der Waals surface area contributed by atoms with E-state index in [2.05, 4.69) is 30.1 Å². The summed E-state index contributed by atoms with van der Waals surface area (Å²) >= 11 is 0. The van der Waals surface area contributed by atoms with Crippen molar-refractivity contribution in [3.05, 3.63) is 23.8 Å². The second kappa shape index (κ2) is 3.57. The maximum atomic E-state index is 11.7. The minimum atomic E-state index is -0.0794. The molecule has 3 nitrogen and oxygen atoms in total. The average molecular weight is 204 g/mol. The van der Waals surface area contributed by atoms with E-state index in [1.54, 1.807) is 0 Å². The van der Waals surface area contributed by atoms with Gasteiger partial charge in [0.15, 0.2) is 0 Å². The van der Waals surface area contributed by atoms with Crippen molar-refractivity contribution >= 4 is 17.3 Å². The standard InChI is InChI=1S/C12H16N2O/c1-4-14-9(3)12(15)13-10-6-5-8(2)7-11(10)14/h5-7,9H,4H2,1-3H3,(H,13,15). The predicted octanol–water partition coefficient (Wildman–Crippen LogP) is 2.16. The van der Waals surface area contributed by atoms with Gasteiger partial charge in [-0.05, 0) is 38.5 Å². The van der Waals surface area contributed by atoms with Gasteiger partial charge in [-0.15, -0.1) is 0 Å². The largest absolute Gasteiger partial charge is 0.358 e. The number of carbonyl (C=O) groups is 1. The van der Waals surface area contributed by atoms with E-state index in [1.807, 2.05) is 19.1 Å². The summed E-state index contributed by atoms with van der Waals surface area (Å²) in [5, 5.41) is 2.92. The van der Waals surface area contributed by atoms with Crippen molar-refractivity contribution in [3.63, 3.8) is 0 Å². The van der Waals surface area contributed by atoms with Crippen LogP contribution in [0.15, 0.2) is 18.2 Å². The SMILES string of the molecule is CCN1c2cc(C)ccc2NC(=O)C1C. The Labute approximate surface area is 90.1 Å². The predicted molar refractivity (Wildman–Crippen MR) is 62.3 cm³/mol. The summed E-state index contributed by atoms with van der Waals surface area (Å²) in [7, 11) is 0. The molecule has 0 aliphatic carbocycles. The molecule has 0 saturated carbocycles. The molecule has 0 saturated heterocycles. The molecule has 0 fully saturated rings. The van der Waals surface area contributed by atoms with Crippen molar-refractivity contribution < 1.29 is 4.79 Å². The zero-order valence-electron chi connectivity index (χ0n) is 9.37. The molecule has 0 radical (unpaired) electrons. The van der Waals surface area contributed by atoms with Crippen LogP contribution in [0, 0.1) is 6.92 Å². The maximum absolute atomic E-state index is 11.7. The van der Waals surface area contributed by atoms with E-state index in [1.165, 1.54) is 5.56 Å². The lowest BCUT2D eigenvalue weighted by Crippen LogP contribution is -2.46. The molecule has 0 bridgehead atoms. The Morgan fingerprint density at radius 3 is 2.87 bits per heavy atom. The number of likely N-dealkylation sites (N-methyl/N-ethyl adjacent to an activating group) is 1. The Morgan fingerprint density at radius 2 is 2.20 bits per heavy atom. The van der Waals surface area contributed by atoms with Gasteiger partial charge in [-0.25, -0.2) is 0 Å². The van der Waals surface area contributed by atoms with Gasteiger partial charge in [0.05, 0.1) is 11.4 Å². The summed E-state index contributed by atoms with van der Waals surface area (Å²) in [6, 6.07) is 6.03. The summed E-state index contributed by atoms with van der Waals surface area (Å²) in [5.74, 6) is 0.0770. The second-order valence-corrected chi connectivity index (χ2v) is 3.97. The molecular formula is C12H16N2O. The van der Waals surface area contributed by atoms with Crippen molar-refractivity contribution in [2.75, 3.05) is 16.8 Å². The molecule has 1 aliphatic rings. The minimum Gasteiger partial charge on any atom is -0.358 e. The second-order valence-electron chi connectivity index (χ2n) is 3.97. The Kier molecular flexibility index (Phi) is 2.39. The molecule has 1 heterocycles. The maximum Gasteiger partial charge on any atom is 0.246 e. The zero-order valence-corrected chi connectivity index (χ0v) is 9.37. The molecule has 0 spiro atoms. The highest BCUT2D eigenvalue weighted by Gasteiger charge is 2.27. The molecule has 3 heteroatoms. The van der Waals surface area contributed by atoms with Gasteiger partial charge in [0.25, 0.3) is 0 Å². The zero-order chi connectivity index (χ0) is 11.0. The number of anilines is 2. The molecule has 1 amide bonds. The van der Waals surface area contributed by atoms with Gasteiger partial charge in [0.2, 0.25) is 5.91 Å². The van der Waals surface area contributed by atoms with E-state index in [4.69, 9.17) is 0 Å². The Morgan fingerprint density at radius 1 is 1.47 bits per heavy atom. The fraction of sp³-hybridized carbons (Fsp3) is 0.417. The van der Waals surface area contributed by atoms with Gasteiger partial charge in [0.1, 0.15) is 6.04 Å². The van der Waals surface area contributed by atoms with Crippen molar-refractivity contribution in [2.24, 2.45) is 0 Å². The monoisotopic (exact) mass is 204 g/mol. The summed E-state index contributed by atoms with van der Waals surface area (Å²) in [6.45, 7) is 6.92. The molecule has 1 aromatic carbocycles. The van der Waals surface area contributed by atoms with Gasteiger partial charge in [-0.2, -0.15) is 0 Å². The van der Waals surface area contributed by atoms with Crippen LogP contribution in [0.4, 0.5) is 11.4 Å². The Bertz CT molecular complexity index is 401. The first-order valence-corrected chi connectivity index (χ1v) is 5.31. The van der Waals surface area contributed by atoms with Crippen LogP contribution in [0.1, 0.15) is 19.4 Å². The first kappa shape index (κ1) is 10.0. The summed E-state index contributed by atoms with van der Waals surface area (Å²) in [5.41, 5.74) is 3.27. The average Bonchev–Trinajstić information content (AvgIpc) is 2.21. The summed E-state index contributed by atoms with van der Waals surface area (Å²) in [4.78, 5) is 13.8. The summed E-state index contributed by atoms with van der Waals surface area (Å²) < 4.78 is 0. The topological polar surface area (TPSA) is 32.3 Å². The molecular weight excluding hydrogens is 188 g/mol. The molecule has 1 aromatic rings. The number of amides is 1. The fourth-order valence-electron chi connectivity index (χ4n) is 2.02. The van der Waals surface area contributed by atoms with Crippen LogP contribution in [0.3, 0.4) is 0 Å². The number of fused-ring (bicyclic) bond motifs is 1. The van der Waals surface area contributed by atoms with Crippen LogP contribution in [0.5, 0.6) is 0 Å². The molecule has 0 aromatic heterocycles. The minimum absolute atomic E-state index is 0.0770. The van der Waals surface area contributed by atoms with E-state index in [0.717, 1.165) is 17.9 Å². The fourth-order valence-corrected chi connectivity index (χ4v) is 2.02. The Hall–Kier alpha value is -1.51. The third-order valence-corrected chi connectivity index (χ3v) is 2.91. The van der Waals surface area contributed by atoms with Crippen molar-refractivity contribution in [3.8, 4) is 0 Å². The number of hydrogen-bond acceptors (Lipinski definition) is 2. The number of benzene rings is 1. The third-order valence-electron chi connectivity index (χ3n) is 2.91. The van der Waals surface area contributed by atoms with Crippen molar-refractivity contribution in [2.45, 2.75) is 26.8 Å². The molecule has 1 atom stereocenters. The lowest BCUT2D eigenvalue weighted by Gasteiger charge is -2.35. The number of hydrogen-bond donors (Lipinski definition) is 1. The number of carbonyl (C=O) groups excluding carboxylic acids is 1. The first-order valence-electron chi connectivity index (χ1n) is 5.31. The lowest BCUT2D eigenvalue weighted by molar-refractivity contribution is -0.117. The van der Waals surface area contributed by atoms with Crippen LogP contribution in [0.25, 0.3) is 0 Å². The molecule has 1 aliphatic heterocycles. The molecule has 80 valence electrons.